The lowest BCUT2D eigenvalue weighted by Crippen LogP contribution is -1.90. The molecular formula is C13H14ClNO. The molecule has 0 spiro atoms. The molecule has 1 heterocycles. The van der Waals surface area contributed by atoms with Gasteiger partial charge >= 0.3 is 0 Å². The van der Waals surface area contributed by atoms with Gasteiger partial charge in [-0.25, -0.2) is 4.98 Å². The molecule has 2 aromatic rings. The third kappa shape index (κ3) is 2.12. The van der Waals surface area contributed by atoms with E-state index in [4.69, 9.17) is 16.0 Å². The normalized spacial score (nSPS) is 11.0. The number of rotatable bonds is 3. The lowest BCUT2D eigenvalue weighted by molar-refractivity contribution is 0.528. The molecule has 0 saturated heterocycles. The van der Waals surface area contributed by atoms with Crippen molar-refractivity contribution >= 4 is 11.6 Å². The van der Waals surface area contributed by atoms with Crippen molar-refractivity contribution in [3.05, 3.63) is 41.9 Å². The molecule has 0 aliphatic heterocycles. The Bertz CT molecular complexity index is 462. The Hall–Kier alpha value is -1.28. The van der Waals surface area contributed by atoms with Gasteiger partial charge in [-0.2, -0.15) is 0 Å². The van der Waals surface area contributed by atoms with Crippen molar-refractivity contribution < 1.29 is 4.42 Å². The maximum absolute atomic E-state index is 5.75. The molecule has 0 atom stereocenters. The smallest absolute Gasteiger partial charge is 0.210 e. The lowest BCUT2D eigenvalue weighted by atomic mass is 10.0. The highest BCUT2D eigenvalue weighted by molar-refractivity contribution is 6.16. The van der Waals surface area contributed by atoms with Crippen LogP contribution in [0.4, 0.5) is 0 Å². The molecule has 0 fully saturated rings. The summed E-state index contributed by atoms with van der Waals surface area (Å²) >= 11 is 5.75. The highest BCUT2D eigenvalue weighted by atomic mass is 35.5. The van der Waals surface area contributed by atoms with E-state index < -0.39 is 0 Å². The summed E-state index contributed by atoms with van der Waals surface area (Å²) in [4.78, 5) is 4.41. The SMILES string of the molecule is CC(C)c1nc(CCl)oc1-c1ccccc1. The number of nitrogens with zero attached hydrogens (tertiary/aromatic N) is 1. The van der Waals surface area contributed by atoms with Crippen LogP contribution in [0.15, 0.2) is 34.7 Å². The fourth-order valence-electron chi connectivity index (χ4n) is 1.62. The second-order valence-electron chi connectivity index (χ2n) is 3.98. The van der Waals surface area contributed by atoms with Gasteiger partial charge in [-0.1, -0.05) is 44.2 Å². The predicted octanol–water partition coefficient (Wildman–Crippen LogP) is 4.20. The van der Waals surface area contributed by atoms with Crippen LogP contribution in [0, 0.1) is 0 Å². The zero-order chi connectivity index (χ0) is 11.5. The summed E-state index contributed by atoms with van der Waals surface area (Å²) in [5.41, 5.74) is 2.02. The van der Waals surface area contributed by atoms with E-state index in [-0.39, 0.29) is 0 Å². The topological polar surface area (TPSA) is 26.0 Å². The first-order valence-electron chi connectivity index (χ1n) is 5.33. The second-order valence-corrected chi connectivity index (χ2v) is 4.24. The van der Waals surface area contributed by atoms with Crippen LogP contribution in [0.25, 0.3) is 11.3 Å². The molecule has 0 aliphatic rings. The first kappa shape index (κ1) is 11.2. The summed E-state index contributed by atoms with van der Waals surface area (Å²) in [6.07, 6.45) is 0. The van der Waals surface area contributed by atoms with Crippen LogP contribution in [0.5, 0.6) is 0 Å². The van der Waals surface area contributed by atoms with Crippen molar-refractivity contribution in [3.63, 3.8) is 0 Å². The summed E-state index contributed by atoms with van der Waals surface area (Å²) in [6.45, 7) is 4.20. The number of aromatic nitrogens is 1. The number of hydrogen-bond donors (Lipinski definition) is 0. The molecule has 0 aliphatic carbocycles. The number of halogens is 1. The maximum Gasteiger partial charge on any atom is 0.210 e. The molecule has 0 saturated carbocycles. The average molecular weight is 236 g/mol. The molecule has 0 amide bonds. The molecule has 84 valence electrons. The second kappa shape index (κ2) is 4.71. The van der Waals surface area contributed by atoms with Crippen molar-refractivity contribution in [1.29, 1.82) is 0 Å². The molecule has 0 bridgehead atoms. The minimum atomic E-state index is 0.312. The Balaban J connectivity index is 2.51. The van der Waals surface area contributed by atoms with E-state index in [1.54, 1.807) is 0 Å². The molecule has 2 nitrogen and oxygen atoms in total. The van der Waals surface area contributed by atoms with E-state index in [9.17, 15) is 0 Å². The molecule has 3 heteroatoms. The van der Waals surface area contributed by atoms with Gasteiger partial charge in [0.2, 0.25) is 5.89 Å². The summed E-state index contributed by atoms with van der Waals surface area (Å²) in [5, 5.41) is 0. The van der Waals surface area contributed by atoms with E-state index in [0.29, 0.717) is 17.7 Å². The van der Waals surface area contributed by atoms with E-state index in [1.807, 2.05) is 30.3 Å². The summed E-state index contributed by atoms with van der Waals surface area (Å²) in [7, 11) is 0. The zero-order valence-corrected chi connectivity index (χ0v) is 10.2. The predicted molar refractivity (Wildman–Crippen MR) is 65.6 cm³/mol. The fraction of sp³-hybridized carbons (Fsp3) is 0.308. The van der Waals surface area contributed by atoms with Gasteiger partial charge in [-0.3, -0.25) is 0 Å². The van der Waals surface area contributed by atoms with Gasteiger partial charge in [-0.05, 0) is 5.92 Å². The van der Waals surface area contributed by atoms with E-state index in [2.05, 4.69) is 18.8 Å². The number of benzene rings is 1. The van der Waals surface area contributed by atoms with Crippen LogP contribution in [-0.4, -0.2) is 4.98 Å². The van der Waals surface area contributed by atoms with Crippen molar-refractivity contribution in [1.82, 2.24) is 4.98 Å². The van der Waals surface area contributed by atoms with Gasteiger partial charge in [0.15, 0.2) is 5.76 Å². The van der Waals surface area contributed by atoms with Crippen molar-refractivity contribution in [2.45, 2.75) is 25.6 Å². The number of hydrogen-bond acceptors (Lipinski definition) is 2. The average Bonchev–Trinajstić information content (AvgIpc) is 2.74. The van der Waals surface area contributed by atoms with Crippen molar-refractivity contribution in [2.75, 3.05) is 0 Å². The largest absolute Gasteiger partial charge is 0.439 e. The Morgan fingerprint density at radius 2 is 1.94 bits per heavy atom. The Morgan fingerprint density at radius 3 is 2.50 bits per heavy atom. The van der Waals surface area contributed by atoms with Crippen molar-refractivity contribution in [3.8, 4) is 11.3 Å². The van der Waals surface area contributed by atoms with Gasteiger partial charge in [0.05, 0.1) is 11.6 Å². The van der Waals surface area contributed by atoms with Crippen LogP contribution in [0.3, 0.4) is 0 Å². The van der Waals surface area contributed by atoms with Gasteiger partial charge in [0.1, 0.15) is 0 Å². The number of alkyl halides is 1. The summed E-state index contributed by atoms with van der Waals surface area (Å²) in [6, 6.07) is 10.00. The molecular weight excluding hydrogens is 222 g/mol. The zero-order valence-electron chi connectivity index (χ0n) is 9.40. The monoisotopic (exact) mass is 235 g/mol. The first-order chi connectivity index (χ1) is 7.72. The van der Waals surface area contributed by atoms with Crippen LogP contribution in [-0.2, 0) is 5.88 Å². The standard InChI is InChI=1S/C13H14ClNO/c1-9(2)12-13(16-11(8-14)15-12)10-6-4-3-5-7-10/h3-7,9H,8H2,1-2H3. The van der Waals surface area contributed by atoms with Gasteiger partial charge in [0.25, 0.3) is 0 Å². The molecule has 0 unspecified atom stereocenters. The minimum absolute atomic E-state index is 0.312. The van der Waals surface area contributed by atoms with Crippen LogP contribution in [0.2, 0.25) is 0 Å². The van der Waals surface area contributed by atoms with E-state index in [0.717, 1.165) is 17.0 Å². The van der Waals surface area contributed by atoms with E-state index >= 15 is 0 Å². The molecule has 0 N–H and O–H groups in total. The third-order valence-electron chi connectivity index (χ3n) is 2.39. The first-order valence-corrected chi connectivity index (χ1v) is 5.86. The Labute approximate surface area is 100 Å². The quantitative estimate of drug-likeness (QED) is 0.745. The Kier molecular flexibility index (Phi) is 3.30. The van der Waals surface area contributed by atoms with Crippen molar-refractivity contribution in [2.24, 2.45) is 0 Å². The van der Waals surface area contributed by atoms with Gasteiger partial charge in [-0.15, -0.1) is 11.6 Å². The van der Waals surface area contributed by atoms with Crippen LogP contribution >= 0.6 is 11.6 Å². The molecule has 2 rings (SSSR count). The minimum Gasteiger partial charge on any atom is -0.439 e. The fourth-order valence-corrected chi connectivity index (χ4v) is 1.74. The summed E-state index contributed by atoms with van der Waals surface area (Å²) < 4.78 is 5.67. The molecule has 1 aromatic carbocycles. The molecule has 0 radical (unpaired) electrons. The highest BCUT2D eigenvalue weighted by Crippen LogP contribution is 2.30. The van der Waals surface area contributed by atoms with Crippen LogP contribution < -0.4 is 0 Å². The summed E-state index contributed by atoms with van der Waals surface area (Å²) in [5.74, 6) is 2.07. The third-order valence-corrected chi connectivity index (χ3v) is 2.62. The van der Waals surface area contributed by atoms with Crippen LogP contribution in [0.1, 0.15) is 31.4 Å². The molecule has 1 aromatic heterocycles. The van der Waals surface area contributed by atoms with E-state index in [1.165, 1.54) is 0 Å². The number of oxazole rings is 1. The van der Waals surface area contributed by atoms with Gasteiger partial charge < -0.3 is 4.42 Å². The lowest BCUT2D eigenvalue weighted by Gasteiger charge is -2.03. The van der Waals surface area contributed by atoms with Gasteiger partial charge in [0, 0.05) is 5.56 Å². The maximum atomic E-state index is 5.75. The molecule has 16 heavy (non-hydrogen) atoms. The highest BCUT2D eigenvalue weighted by Gasteiger charge is 2.16. The Morgan fingerprint density at radius 1 is 1.25 bits per heavy atom.